The number of amides is 1. The van der Waals surface area contributed by atoms with E-state index in [9.17, 15) is 4.79 Å². The molecule has 0 aliphatic carbocycles. The Balaban J connectivity index is 3.64. The zero-order valence-corrected chi connectivity index (χ0v) is 4.96. The molecule has 0 fully saturated rings. The number of hydrogen-bond acceptors (Lipinski definition) is 2. The van der Waals surface area contributed by atoms with Crippen molar-refractivity contribution in [2.45, 2.75) is 19.9 Å². The van der Waals surface area contributed by atoms with Crippen molar-refractivity contribution in [2.75, 3.05) is 0 Å². The van der Waals surface area contributed by atoms with Gasteiger partial charge in [0.25, 0.3) is 0 Å². The molecule has 0 spiro atoms. The van der Waals surface area contributed by atoms with E-state index in [1.165, 1.54) is 0 Å². The predicted octanol–water partition coefficient (Wildman–Crippen LogP) is 0.249. The molecule has 3 N–H and O–H groups in total. The Morgan fingerprint density at radius 2 is 2.12 bits per heavy atom. The van der Waals surface area contributed by atoms with Crippen LogP contribution in [0.15, 0.2) is 0 Å². The van der Waals surface area contributed by atoms with Crippen LogP contribution in [-0.2, 0) is 0 Å². The summed E-state index contributed by atoms with van der Waals surface area (Å²) in [6.45, 7) is 3.40. The van der Waals surface area contributed by atoms with Crippen molar-refractivity contribution in [3.05, 3.63) is 0 Å². The smallest absolute Gasteiger partial charge is 0.421 e. The number of nitrogens with two attached hydrogens (primary N) is 1. The first kappa shape index (κ1) is 7.23. The summed E-state index contributed by atoms with van der Waals surface area (Å²) in [6.07, 6.45) is -1.10. The maximum atomic E-state index is 9.94. The lowest BCUT2D eigenvalue weighted by Gasteiger charge is -2.15. The minimum Gasteiger partial charge on any atom is -0.464 e. The lowest BCUT2D eigenvalue weighted by Crippen LogP contribution is -2.41. The highest BCUT2D eigenvalue weighted by Crippen LogP contribution is 1.87. The highest BCUT2D eigenvalue weighted by Gasteiger charge is 2.08. The maximum Gasteiger partial charge on any atom is 0.421 e. The molecular weight excluding hydrogens is 108 g/mol. The van der Waals surface area contributed by atoms with E-state index in [-0.39, 0.29) is 6.04 Å². The van der Waals surface area contributed by atoms with E-state index in [0.717, 1.165) is 5.01 Å². The van der Waals surface area contributed by atoms with E-state index in [1.54, 1.807) is 13.8 Å². The standard InChI is InChI=1S/C4H10N2O2/c1-3(2)6(5)4(7)8/h3H,5H2,1-2H3,(H,7,8). The molecule has 0 aliphatic heterocycles. The van der Waals surface area contributed by atoms with Gasteiger partial charge in [0.15, 0.2) is 0 Å². The van der Waals surface area contributed by atoms with Crippen LogP contribution >= 0.6 is 0 Å². The number of nitrogens with zero attached hydrogens (tertiary/aromatic N) is 1. The predicted molar refractivity (Wildman–Crippen MR) is 29.2 cm³/mol. The van der Waals surface area contributed by atoms with Crippen molar-refractivity contribution >= 4 is 6.09 Å². The molecule has 0 rings (SSSR count). The fourth-order valence-electron chi connectivity index (χ4n) is 0.221. The molecule has 1 amide bonds. The van der Waals surface area contributed by atoms with Crippen molar-refractivity contribution in [3.63, 3.8) is 0 Å². The molecular formula is C4H10N2O2. The van der Waals surface area contributed by atoms with E-state index in [1.807, 2.05) is 0 Å². The zero-order chi connectivity index (χ0) is 6.73. The molecule has 0 aromatic carbocycles. The van der Waals surface area contributed by atoms with E-state index in [0.29, 0.717) is 0 Å². The average Bonchev–Trinajstić information content (AvgIpc) is 1.64. The topological polar surface area (TPSA) is 66.6 Å². The average molecular weight is 118 g/mol. The largest absolute Gasteiger partial charge is 0.464 e. The van der Waals surface area contributed by atoms with Crippen LogP contribution in [0.5, 0.6) is 0 Å². The Bertz CT molecular complexity index is 92.0. The second kappa shape index (κ2) is 2.52. The number of carbonyl (C=O) groups is 1. The first-order chi connectivity index (χ1) is 3.55. The third-order valence-corrected chi connectivity index (χ3v) is 0.777. The Morgan fingerprint density at radius 3 is 2.12 bits per heavy atom. The molecule has 4 heteroatoms. The van der Waals surface area contributed by atoms with Crippen LogP contribution in [0.3, 0.4) is 0 Å². The molecule has 48 valence electrons. The molecule has 0 aromatic rings. The molecule has 0 unspecified atom stereocenters. The van der Waals surface area contributed by atoms with Gasteiger partial charge >= 0.3 is 6.09 Å². The summed E-state index contributed by atoms with van der Waals surface area (Å²) in [4.78, 5) is 9.94. The van der Waals surface area contributed by atoms with Crippen LogP contribution in [0.25, 0.3) is 0 Å². The highest BCUT2D eigenvalue weighted by atomic mass is 16.4. The van der Waals surface area contributed by atoms with Gasteiger partial charge in [0.05, 0.1) is 0 Å². The number of hydrogen-bond donors (Lipinski definition) is 2. The molecule has 0 aromatic heterocycles. The Kier molecular flexibility index (Phi) is 2.27. The van der Waals surface area contributed by atoms with Gasteiger partial charge in [-0.05, 0) is 13.8 Å². The summed E-state index contributed by atoms with van der Waals surface area (Å²) in [5, 5.41) is 8.90. The van der Waals surface area contributed by atoms with Crippen molar-refractivity contribution in [3.8, 4) is 0 Å². The normalized spacial score (nSPS) is 9.50. The first-order valence-corrected chi connectivity index (χ1v) is 2.32. The second-order valence-electron chi connectivity index (χ2n) is 1.78. The van der Waals surface area contributed by atoms with Crippen molar-refractivity contribution in [1.29, 1.82) is 0 Å². The molecule has 0 heterocycles. The zero-order valence-electron chi connectivity index (χ0n) is 4.96. The van der Waals surface area contributed by atoms with Gasteiger partial charge in [-0.25, -0.2) is 15.6 Å². The van der Waals surface area contributed by atoms with Gasteiger partial charge in [0.1, 0.15) is 0 Å². The van der Waals surface area contributed by atoms with Gasteiger partial charge in [-0.15, -0.1) is 0 Å². The Labute approximate surface area is 47.9 Å². The van der Waals surface area contributed by atoms with E-state index >= 15 is 0 Å². The van der Waals surface area contributed by atoms with Gasteiger partial charge < -0.3 is 5.11 Å². The third-order valence-electron chi connectivity index (χ3n) is 0.777. The SMILES string of the molecule is CC(C)N(N)C(=O)O. The monoisotopic (exact) mass is 118 g/mol. The fourth-order valence-corrected chi connectivity index (χ4v) is 0.221. The molecule has 0 saturated heterocycles. The van der Waals surface area contributed by atoms with E-state index < -0.39 is 6.09 Å². The summed E-state index contributed by atoms with van der Waals surface area (Å²) in [6, 6.07) is -0.146. The molecule has 8 heavy (non-hydrogen) atoms. The lowest BCUT2D eigenvalue weighted by molar-refractivity contribution is 0.132. The van der Waals surface area contributed by atoms with Gasteiger partial charge in [0, 0.05) is 6.04 Å². The first-order valence-electron chi connectivity index (χ1n) is 2.32. The van der Waals surface area contributed by atoms with E-state index in [2.05, 4.69) is 0 Å². The summed E-state index contributed by atoms with van der Waals surface area (Å²) in [5.74, 6) is 4.99. The van der Waals surface area contributed by atoms with Crippen LogP contribution in [-0.4, -0.2) is 22.3 Å². The van der Waals surface area contributed by atoms with Crippen LogP contribution in [0, 0.1) is 0 Å². The highest BCUT2D eigenvalue weighted by molar-refractivity contribution is 5.64. The molecule has 0 radical (unpaired) electrons. The van der Waals surface area contributed by atoms with Crippen LogP contribution in [0.4, 0.5) is 4.79 Å². The van der Waals surface area contributed by atoms with Gasteiger partial charge in [-0.1, -0.05) is 0 Å². The number of hydrazine groups is 1. The fraction of sp³-hybridized carbons (Fsp3) is 0.750. The van der Waals surface area contributed by atoms with Crippen molar-refractivity contribution < 1.29 is 9.90 Å². The van der Waals surface area contributed by atoms with E-state index in [4.69, 9.17) is 10.9 Å². The molecule has 4 nitrogen and oxygen atoms in total. The Morgan fingerprint density at radius 1 is 1.75 bits per heavy atom. The summed E-state index contributed by atoms with van der Waals surface area (Å²) >= 11 is 0. The maximum absolute atomic E-state index is 9.94. The summed E-state index contributed by atoms with van der Waals surface area (Å²) in [5.41, 5.74) is 0. The van der Waals surface area contributed by atoms with Crippen molar-refractivity contribution in [2.24, 2.45) is 5.84 Å². The van der Waals surface area contributed by atoms with Gasteiger partial charge in [-0.3, -0.25) is 0 Å². The van der Waals surface area contributed by atoms with Crippen molar-refractivity contribution in [1.82, 2.24) is 5.01 Å². The third kappa shape index (κ3) is 1.79. The van der Waals surface area contributed by atoms with Gasteiger partial charge in [0.2, 0.25) is 0 Å². The summed E-state index contributed by atoms with van der Waals surface area (Å²) in [7, 11) is 0. The van der Waals surface area contributed by atoms with Gasteiger partial charge in [-0.2, -0.15) is 0 Å². The lowest BCUT2D eigenvalue weighted by atomic mass is 10.4. The molecule has 0 atom stereocenters. The molecule has 0 bridgehead atoms. The molecule has 0 aliphatic rings. The summed E-state index contributed by atoms with van der Waals surface area (Å²) < 4.78 is 0. The minimum atomic E-state index is -1.10. The number of carboxylic acid groups (broad SMARTS) is 1. The number of rotatable bonds is 1. The Hall–Kier alpha value is -0.770. The minimum absolute atomic E-state index is 0.146. The molecule has 0 saturated carbocycles. The second-order valence-corrected chi connectivity index (χ2v) is 1.78. The van der Waals surface area contributed by atoms with Crippen LogP contribution < -0.4 is 5.84 Å². The van der Waals surface area contributed by atoms with Crippen LogP contribution in [0.1, 0.15) is 13.8 Å². The van der Waals surface area contributed by atoms with Crippen LogP contribution in [0.2, 0.25) is 0 Å². The quantitative estimate of drug-likeness (QED) is 0.294.